The maximum Gasteiger partial charge on any atom is 0.376 e. The van der Waals surface area contributed by atoms with Crippen LogP contribution in [0.4, 0.5) is 0 Å². The summed E-state index contributed by atoms with van der Waals surface area (Å²) in [6, 6.07) is 32.9. The standard InChI is InChI=1S/C29H40BN3O2P/c1-25(23-31(3)21-22-32(4)29(34)24-33(5)30(2)35)36(26-15-9-6-10-16-26,27-17-11-7-12-18-27)28-19-13-8-14-20-28/h6-20,25,35H,21-24H2,1-5H3/q+1. The zero-order valence-corrected chi connectivity index (χ0v) is 23.2. The molecule has 0 aliphatic rings. The van der Waals surface area contributed by atoms with Crippen LogP contribution in [0.3, 0.4) is 0 Å². The van der Waals surface area contributed by atoms with E-state index in [9.17, 15) is 9.82 Å². The van der Waals surface area contributed by atoms with Gasteiger partial charge >= 0.3 is 7.05 Å². The number of hydrogen-bond acceptors (Lipinski definition) is 4. The van der Waals surface area contributed by atoms with Crippen molar-refractivity contribution in [1.29, 1.82) is 0 Å². The van der Waals surface area contributed by atoms with Gasteiger partial charge in [0, 0.05) is 26.7 Å². The van der Waals surface area contributed by atoms with Crippen LogP contribution in [0.1, 0.15) is 6.92 Å². The van der Waals surface area contributed by atoms with E-state index in [1.165, 1.54) is 15.9 Å². The fourth-order valence-corrected chi connectivity index (χ4v) is 9.65. The first-order valence-electron chi connectivity index (χ1n) is 12.6. The number of likely N-dealkylation sites (N-methyl/N-ethyl adjacent to an activating group) is 3. The lowest BCUT2D eigenvalue weighted by molar-refractivity contribution is -0.130. The molecular weight excluding hydrogens is 464 g/mol. The number of rotatable bonds is 12. The van der Waals surface area contributed by atoms with Crippen molar-refractivity contribution in [2.75, 3.05) is 47.3 Å². The molecule has 0 aromatic heterocycles. The van der Waals surface area contributed by atoms with Crippen LogP contribution in [0.25, 0.3) is 0 Å². The van der Waals surface area contributed by atoms with Crippen molar-refractivity contribution < 1.29 is 9.82 Å². The maximum atomic E-state index is 12.6. The van der Waals surface area contributed by atoms with Crippen molar-refractivity contribution in [2.45, 2.75) is 19.4 Å². The van der Waals surface area contributed by atoms with Gasteiger partial charge in [-0.2, -0.15) is 0 Å². The molecule has 3 aromatic carbocycles. The molecule has 190 valence electrons. The maximum absolute atomic E-state index is 12.6. The fourth-order valence-electron chi connectivity index (χ4n) is 4.78. The molecule has 0 spiro atoms. The summed E-state index contributed by atoms with van der Waals surface area (Å²) in [6.45, 7) is 6.58. The van der Waals surface area contributed by atoms with Crippen LogP contribution >= 0.6 is 7.26 Å². The Morgan fingerprint density at radius 3 is 1.61 bits per heavy atom. The monoisotopic (exact) mass is 504 g/mol. The Morgan fingerprint density at radius 2 is 1.22 bits per heavy atom. The smallest absolute Gasteiger partial charge is 0.376 e. The molecule has 1 unspecified atom stereocenters. The lowest BCUT2D eigenvalue weighted by atomic mass is 9.86. The second-order valence-corrected chi connectivity index (χ2v) is 13.6. The van der Waals surface area contributed by atoms with Crippen LogP contribution in [0.2, 0.25) is 6.82 Å². The molecule has 3 aromatic rings. The average molecular weight is 504 g/mol. The first kappa shape index (κ1) is 28.1. The molecule has 1 N–H and O–H groups in total. The first-order chi connectivity index (χ1) is 17.3. The van der Waals surface area contributed by atoms with Crippen molar-refractivity contribution in [3.8, 4) is 0 Å². The van der Waals surface area contributed by atoms with Crippen LogP contribution < -0.4 is 15.9 Å². The van der Waals surface area contributed by atoms with Gasteiger partial charge in [0.05, 0.1) is 12.2 Å². The summed E-state index contributed by atoms with van der Waals surface area (Å²) in [5.74, 6) is 0.0135. The molecule has 0 saturated heterocycles. The van der Waals surface area contributed by atoms with Gasteiger partial charge in [0.1, 0.15) is 23.2 Å². The summed E-state index contributed by atoms with van der Waals surface area (Å²) in [6.07, 6.45) is 0. The summed E-state index contributed by atoms with van der Waals surface area (Å²) < 4.78 is 0. The third-order valence-electron chi connectivity index (χ3n) is 6.99. The minimum Gasteiger partial charge on any atom is -0.437 e. The molecule has 0 fully saturated rings. The largest absolute Gasteiger partial charge is 0.437 e. The first-order valence-corrected chi connectivity index (χ1v) is 14.5. The molecule has 3 rings (SSSR count). The molecule has 1 amide bonds. The molecule has 0 saturated carbocycles. The molecule has 0 radical (unpaired) electrons. The molecule has 5 nitrogen and oxygen atoms in total. The van der Waals surface area contributed by atoms with Crippen molar-refractivity contribution in [1.82, 2.24) is 14.6 Å². The van der Waals surface area contributed by atoms with E-state index in [4.69, 9.17) is 0 Å². The van der Waals surface area contributed by atoms with Gasteiger partial charge < -0.3 is 19.6 Å². The van der Waals surface area contributed by atoms with Gasteiger partial charge in [-0.15, -0.1) is 0 Å². The highest BCUT2D eigenvalue weighted by Gasteiger charge is 2.50. The Hall–Kier alpha value is -2.50. The lowest BCUT2D eigenvalue weighted by Gasteiger charge is -2.35. The molecule has 36 heavy (non-hydrogen) atoms. The van der Waals surface area contributed by atoms with E-state index >= 15 is 0 Å². The van der Waals surface area contributed by atoms with Crippen molar-refractivity contribution in [3.05, 3.63) is 91.0 Å². The molecule has 0 aliphatic heterocycles. The molecule has 7 heteroatoms. The van der Waals surface area contributed by atoms with Gasteiger partial charge in [-0.25, -0.2) is 0 Å². The van der Waals surface area contributed by atoms with Crippen LogP contribution in [0, 0.1) is 0 Å². The summed E-state index contributed by atoms with van der Waals surface area (Å²) in [4.78, 5) is 18.3. The number of benzene rings is 3. The molecular formula is C29H40BN3O2P+. The second-order valence-electron chi connectivity index (χ2n) is 9.70. The zero-order chi connectivity index (χ0) is 26.1. The summed E-state index contributed by atoms with van der Waals surface area (Å²) in [5, 5.41) is 13.8. The summed E-state index contributed by atoms with van der Waals surface area (Å²) in [5.41, 5.74) is 0.358. The van der Waals surface area contributed by atoms with Crippen LogP contribution in [0.15, 0.2) is 91.0 Å². The van der Waals surface area contributed by atoms with E-state index < -0.39 is 14.3 Å². The highest BCUT2D eigenvalue weighted by Crippen LogP contribution is 2.59. The van der Waals surface area contributed by atoms with Crippen LogP contribution in [-0.2, 0) is 4.79 Å². The SMILES string of the molecule is CB(O)N(C)CC(=O)N(C)CCN(C)CC(C)[P+](c1ccccc1)(c1ccccc1)c1ccccc1. The van der Waals surface area contributed by atoms with Crippen molar-refractivity contribution in [2.24, 2.45) is 0 Å². The Bertz CT molecular complexity index is 973. The fraction of sp³-hybridized carbons (Fsp3) is 0.345. The summed E-state index contributed by atoms with van der Waals surface area (Å²) in [7, 11) is 3.14. The molecule has 0 aliphatic carbocycles. The highest BCUT2D eigenvalue weighted by atomic mass is 31.2. The minimum absolute atomic E-state index is 0.0135. The summed E-state index contributed by atoms with van der Waals surface area (Å²) >= 11 is 0. The normalized spacial score (nSPS) is 12.6. The average Bonchev–Trinajstić information content (AvgIpc) is 2.89. The van der Waals surface area contributed by atoms with Gasteiger partial charge in [-0.05, 0) is 64.2 Å². The van der Waals surface area contributed by atoms with E-state index in [0.717, 1.165) is 13.1 Å². The van der Waals surface area contributed by atoms with Gasteiger partial charge in [-0.3, -0.25) is 4.79 Å². The number of hydrogen-bond donors (Lipinski definition) is 1. The van der Waals surface area contributed by atoms with Gasteiger partial charge in [-0.1, -0.05) is 54.6 Å². The Morgan fingerprint density at radius 1 is 0.806 bits per heavy atom. The number of nitrogens with zero attached hydrogens (tertiary/aromatic N) is 3. The molecule has 0 bridgehead atoms. The molecule has 0 heterocycles. The van der Waals surface area contributed by atoms with Crippen molar-refractivity contribution in [3.63, 3.8) is 0 Å². The van der Waals surface area contributed by atoms with Crippen molar-refractivity contribution >= 4 is 36.1 Å². The predicted molar refractivity (Wildman–Crippen MR) is 156 cm³/mol. The Kier molecular flexibility index (Phi) is 10.3. The Balaban J connectivity index is 1.85. The Labute approximate surface area is 218 Å². The van der Waals surface area contributed by atoms with Gasteiger partial charge in [0.25, 0.3) is 0 Å². The topological polar surface area (TPSA) is 47.0 Å². The van der Waals surface area contributed by atoms with Gasteiger partial charge in [0.15, 0.2) is 0 Å². The van der Waals surface area contributed by atoms with E-state index in [1.807, 2.05) is 7.05 Å². The lowest BCUT2D eigenvalue weighted by Crippen LogP contribution is -2.45. The number of carbonyl (C=O) groups is 1. The quantitative estimate of drug-likeness (QED) is 0.305. The third-order valence-corrected chi connectivity index (χ3v) is 11.8. The van der Waals surface area contributed by atoms with E-state index in [2.05, 4.69) is 110 Å². The van der Waals surface area contributed by atoms with E-state index in [1.54, 1.807) is 23.6 Å². The second kappa shape index (κ2) is 13.2. The highest BCUT2D eigenvalue weighted by molar-refractivity contribution is 7.96. The van der Waals surface area contributed by atoms with Crippen LogP contribution in [-0.4, -0.2) is 85.6 Å². The van der Waals surface area contributed by atoms with Crippen LogP contribution in [0.5, 0.6) is 0 Å². The van der Waals surface area contributed by atoms with E-state index in [0.29, 0.717) is 12.2 Å². The molecule has 1 atom stereocenters. The van der Waals surface area contributed by atoms with Gasteiger partial charge in [0.2, 0.25) is 5.91 Å². The van der Waals surface area contributed by atoms with E-state index in [-0.39, 0.29) is 12.5 Å². The number of carbonyl (C=O) groups excluding carboxylic acids is 1. The number of amides is 1. The minimum atomic E-state index is -1.95. The third kappa shape index (κ3) is 6.63. The zero-order valence-electron chi connectivity index (χ0n) is 22.3. The predicted octanol–water partition coefficient (Wildman–Crippen LogP) is 2.80.